The van der Waals surface area contributed by atoms with Gasteiger partial charge in [0, 0.05) is 22.5 Å². The molecule has 0 fully saturated rings. The van der Waals surface area contributed by atoms with Crippen LogP contribution in [0.5, 0.6) is 0 Å². The third-order valence-electron chi connectivity index (χ3n) is 3.59. The van der Waals surface area contributed by atoms with Crippen LogP contribution in [-0.2, 0) is 4.79 Å². The van der Waals surface area contributed by atoms with Gasteiger partial charge in [-0.3, -0.25) is 0 Å². The minimum absolute atomic E-state index is 0.0958. The fraction of sp³-hybridized carbons (Fsp3) is 0.308. The average molecular weight is 250 g/mol. The molecular formula is C13H12ClNO2. The monoisotopic (exact) mass is 249 g/mol. The van der Waals surface area contributed by atoms with E-state index in [1.807, 2.05) is 12.1 Å². The van der Waals surface area contributed by atoms with Crippen molar-refractivity contribution >= 4 is 23.3 Å². The molecule has 0 saturated heterocycles. The molecule has 3 rings (SSSR count). The molecule has 0 aromatic heterocycles. The van der Waals surface area contributed by atoms with Gasteiger partial charge >= 0.3 is 5.97 Å². The van der Waals surface area contributed by atoms with E-state index in [9.17, 15) is 9.90 Å². The summed E-state index contributed by atoms with van der Waals surface area (Å²) in [5, 5.41) is 13.0. The summed E-state index contributed by atoms with van der Waals surface area (Å²) in [6, 6.07) is 5.06. The molecule has 2 N–H and O–H groups in total. The van der Waals surface area contributed by atoms with E-state index in [4.69, 9.17) is 11.6 Å². The standard InChI is InChI=1S/C13H12ClNO2/c14-7-4-5-11-10(6-7)8-2-1-3-9(8)12(15-11)13(16)17/h1-2,4-6,8-9,12,15H,3H2,(H,16,17). The van der Waals surface area contributed by atoms with Crippen LogP contribution < -0.4 is 5.32 Å². The van der Waals surface area contributed by atoms with E-state index in [-0.39, 0.29) is 11.8 Å². The Balaban J connectivity index is 2.09. The quantitative estimate of drug-likeness (QED) is 0.753. The van der Waals surface area contributed by atoms with Gasteiger partial charge in [0.15, 0.2) is 0 Å². The van der Waals surface area contributed by atoms with Crippen molar-refractivity contribution in [2.45, 2.75) is 18.4 Å². The largest absolute Gasteiger partial charge is 0.480 e. The van der Waals surface area contributed by atoms with E-state index in [1.165, 1.54) is 0 Å². The molecule has 1 aromatic carbocycles. The van der Waals surface area contributed by atoms with E-state index in [1.54, 1.807) is 6.07 Å². The molecule has 88 valence electrons. The highest BCUT2D eigenvalue weighted by molar-refractivity contribution is 6.30. The Morgan fingerprint density at radius 1 is 1.47 bits per heavy atom. The maximum absolute atomic E-state index is 11.3. The third-order valence-corrected chi connectivity index (χ3v) is 3.83. The van der Waals surface area contributed by atoms with Crippen molar-refractivity contribution < 1.29 is 9.90 Å². The zero-order valence-electron chi connectivity index (χ0n) is 9.06. The van der Waals surface area contributed by atoms with E-state index >= 15 is 0 Å². The number of carboxylic acids is 1. The van der Waals surface area contributed by atoms with Gasteiger partial charge in [0.2, 0.25) is 0 Å². The Labute approximate surface area is 104 Å². The number of halogens is 1. The van der Waals surface area contributed by atoms with E-state index in [2.05, 4.69) is 17.5 Å². The number of hydrogen-bond donors (Lipinski definition) is 2. The second-order valence-electron chi connectivity index (χ2n) is 4.55. The van der Waals surface area contributed by atoms with Gasteiger partial charge in [-0.1, -0.05) is 23.8 Å². The van der Waals surface area contributed by atoms with Crippen molar-refractivity contribution in [3.05, 3.63) is 40.9 Å². The van der Waals surface area contributed by atoms with Crippen molar-refractivity contribution in [3.63, 3.8) is 0 Å². The molecule has 0 bridgehead atoms. The third kappa shape index (κ3) is 1.62. The lowest BCUT2D eigenvalue weighted by Gasteiger charge is -2.34. The van der Waals surface area contributed by atoms with Crippen molar-refractivity contribution in [2.24, 2.45) is 5.92 Å². The Morgan fingerprint density at radius 2 is 2.29 bits per heavy atom. The number of allylic oxidation sites excluding steroid dienone is 2. The summed E-state index contributed by atoms with van der Waals surface area (Å²) in [5.41, 5.74) is 1.99. The zero-order chi connectivity index (χ0) is 12.0. The van der Waals surface area contributed by atoms with Gasteiger partial charge in [0.1, 0.15) is 6.04 Å². The molecule has 0 saturated carbocycles. The molecule has 0 radical (unpaired) electrons. The van der Waals surface area contributed by atoms with Gasteiger partial charge < -0.3 is 10.4 Å². The predicted octanol–water partition coefficient (Wildman–Crippen LogP) is 2.88. The van der Waals surface area contributed by atoms with Gasteiger partial charge in [0.05, 0.1) is 0 Å². The van der Waals surface area contributed by atoms with Crippen molar-refractivity contribution in [1.82, 2.24) is 0 Å². The highest BCUT2D eigenvalue weighted by atomic mass is 35.5. The summed E-state index contributed by atoms with van der Waals surface area (Å²) >= 11 is 6.00. The highest BCUT2D eigenvalue weighted by Crippen LogP contribution is 2.45. The maximum Gasteiger partial charge on any atom is 0.326 e. The molecular weight excluding hydrogens is 238 g/mol. The number of nitrogens with one attached hydrogen (secondary N) is 1. The normalized spacial score (nSPS) is 29.4. The molecule has 0 spiro atoms. The molecule has 1 aliphatic carbocycles. The minimum Gasteiger partial charge on any atom is -0.480 e. The maximum atomic E-state index is 11.3. The fourth-order valence-electron chi connectivity index (χ4n) is 2.81. The lowest BCUT2D eigenvalue weighted by Crippen LogP contribution is -2.41. The van der Waals surface area contributed by atoms with Gasteiger partial charge in [-0.2, -0.15) is 0 Å². The summed E-state index contributed by atoms with van der Waals surface area (Å²) < 4.78 is 0. The van der Waals surface area contributed by atoms with Gasteiger partial charge in [-0.25, -0.2) is 4.79 Å². The van der Waals surface area contributed by atoms with E-state index in [0.29, 0.717) is 5.02 Å². The molecule has 1 aliphatic heterocycles. The molecule has 0 amide bonds. The SMILES string of the molecule is O=C(O)C1Nc2ccc(Cl)cc2C2C=CCC12. The number of anilines is 1. The lowest BCUT2D eigenvalue weighted by atomic mass is 9.79. The first-order valence-corrected chi connectivity index (χ1v) is 6.00. The average Bonchev–Trinajstić information content (AvgIpc) is 2.76. The van der Waals surface area contributed by atoms with Crippen LogP contribution in [0.3, 0.4) is 0 Å². The second kappa shape index (κ2) is 3.77. The molecule has 1 heterocycles. The fourth-order valence-corrected chi connectivity index (χ4v) is 2.99. The summed E-state index contributed by atoms with van der Waals surface area (Å²) in [5.74, 6) is -0.520. The Hall–Kier alpha value is -1.48. The van der Waals surface area contributed by atoms with Gasteiger partial charge in [-0.15, -0.1) is 0 Å². The number of benzene rings is 1. The first-order valence-electron chi connectivity index (χ1n) is 5.62. The van der Waals surface area contributed by atoms with Crippen LogP contribution >= 0.6 is 11.6 Å². The smallest absolute Gasteiger partial charge is 0.326 e. The molecule has 3 atom stereocenters. The number of fused-ring (bicyclic) bond motifs is 3. The summed E-state index contributed by atoms with van der Waals surface area (Å²) in [4.78, 5) is 11.3. The van der Waals surface area contributed by atoms with Gasteiger partial charge in [-0.05, 0) is 30.2 Å². The topological polar surface area (TPSA) is 49.3 Å². The Morgan fingerprint density at radius 3 is 3.06 bits per heavy atom. The van der Waals surface area contributed by atoms with Crippen LogP contribution in [0.15, 0.2) is 30.4 Å². The molecule has 3 unspecified atom stereocenters. The summed E-state index contributed by atoms with van der Waals surface area (Å²) in [6.07, 6.45) is 4.96. The number of rotatable bonds is 1. The highest BCUT2D eigenvalue weighted by Gasteiger charge is 2.40. The van der Waals surface area contributed by atoms with Crippen LogP contribution in [0.4, 0.5) is 5.69 Å². The van der Waals surface area contributed by atoms with Crippen molar-refractivity contribution in [2.75, 3.05) is 5.32 Å². The first-order chi connectivity index (χ1) is 8.16. The van der Waals surface area contributed by atoms with E-state index < -0.39 is 12.0 Å². The van der Waals surface area contributed by atoms with Crippen LogP contribution in [0, 0.1) is 5.92 Å². The zero-order valence-corrected chi connectivity index (χ0v) is 9.82. The van der Waals surface area contributed by atoms with Gasteiger partial charge in [0.25, 0.3) is 0 Å². The van der Waals surface area contributed by atoms with Crippen LogP contribution in [0.25, 0.3) is 0 Å². The number of carboxylic acid groups (broad SMARTS) is 1. The molecule has 2 aliphatic rings. The number of carbonyl (C=O) groups is 1. The molecule has 17 heavy (non-hydrogen) atoms. The van der Waals surface area contributed by atoms with E-state index in [0.717, 1.165) is 17.7 Å². The minimum atomic E-state index is -0.788. The summed E-state index contributed by atoms with van der Waals surface area (Å²) in [6.45, 7) is 0. The molecule has 1 aromatic rings. The number of hydrogen-bond acceptors (Lipinski definition) is 2. The van der Waals surface area contributed by atoms with Crippen molar-refractivity contribution in [3.8, 4) is 0 Å². The predicted molar refractivity (Wildman–Crippen MR) is 66.5 cm³/mol. The van der Waals surface area contributed by atoms with Crippen LogP contribution in [-0.4, -0.2) is 17.1 Å². The second-order valence-corrected chi connectivity index (χ2v) is 4.98. The van der Waals surface area contributed by atoms with Crippen LogP contribution in [0.2, 0.25) is 5.02 Å². The first kappa shape index (κ1) is 10.7. The Kier molecular flexibility index (Phi) is 2.37. The number of aliphatic carboxylic acids is 1. The Bertz CT molecular complexity index is 512. The lowest BCUT2D eigenvalue weighted by molar-refractivity contribution is -0.139. The summed E-state index contributed by atoms with van der Waals surface area (Å²) in [7, 11) is 0. The molecule has 4 heteroatoms. The van der Waals surface area contributed by atoms with Crippen LogP contribution in [0.1, 0.15) is 17.9 Å². The van der Waals surface area contributed by atoms with Crippen molar-refractivity contribution in [1.29, 1.82) is 0 Å². The molecule has 3 nitrogen and oxygen atoms in total.